The van der Waals surface area contributed by atoms with Crippen molar-refractivity contribution in [1.82, 2.24) is 9.97 Å². The maximum absolute atomic E-state index is 4.40. The summed E-state index contributed by atoms with van der Waals surface area (Å²) in [4.78, 5) is 10.8. The van der Waals surface area contributed by atoms with E-state index in [1.807, 2.05) is 19.9 Å². The molecule has 0 atom stereocenters. The number of hydrogen-bond acceptors (Lipinski definition) is 3. The van der Waals surface area contributed by atoms with Crippen molar-refractivity contribution in [3.63, 3.8) is 0 Å². The Labute approximate surface area is 86.2 Å². The van der Waals surface area contributed by atoms with Gasteiger partial charge < -0.3 is 4.90 Å². The van der Waals surface area contributed by atoms with Crippen molar-refractivity contribution in [3.05, 3.63) is 17.6 Å². The third kappa shape index (κ3) is 2.98. The van der Waals surface area contributed by atoms with Crippen molar-refractivity contribution >= 4 is 5.82 Å². The van der Waals surface area contributed by atoms with Gasteiger partial charge in [-0.15, -0.1) is 0 Å². The number of anilines is 1. The third-order valence-corrected chi connectivity index (χ3v) is 2.19. The summed E-state index contributed by atoms with van der Waals surface area (Å²) >= 11 is 0. The van der Waals surface area contributed by atoms with Crippen molar-refractivity contribution < 1.29 is 0 Å². The molecule has 0 bridgehead atoms. The molecule has 0 aliphatic heterocycles. The van der Waals surface area contributed by atoms with Crippen LogP contribution in [0, 0.1) is 13.8 Å². The molecule has 0 aliphatic rings. The van der Waals surface area contributed by atoms with E-state index in [0.717, 1.165) is 23.9 Å². The van der Waals surface area contributed by atoms with Gasteiger partial charge in [-0.1, -0.05) is 13.3 Å². The highest BCUT2D eigenvalue weighted by Crippen LogP contribution is 2.10. The van der Waals surface area contributed by atoms with E-state index in [1.54, 1.807) is 0 Å². The van der Waals surface area contributed by atoms with Crippen LogP contribution < -0.4 is 4.90 Å². The number of aryl methyl sites for hydroxylation is 2. The van der Waals surface area contributed by atoms with Gasteiger partial charge in [-0.3, -0.25) is 0 Å². The molecule has 1 rings (SSSR count). The molecule has 0 spiro atoms. The van der Waals surface area contributed by atoms with E-state index in [1.165, 1.54) is 12.8 Å². The summed E-state index contributed by atoms with van der Waals surface area (Å²) in [6.45, 7) is 7.20. The lowest BCUT2D eigenvalue weighted by Gasteiger charge is -2.18. The lowest BCUT2D eigenvalue weighted by Crippen LogP contribution is -2.20. The Hall–Kier alpha value is -1.12. The van der Waals surface area contributed by atoms with E-state index >= 15 is 0 Å². The summed E-state index contributed by atoms with van der Waals surface area (Å²) in [6, 6.07) is 2.03. The minimum atomic E-state index is 0.850. The normalized spacial score (nSPS) is 10.3. The first-order chi connectivity index (χ1) is 6.63. The predicted molar refractivity (Wildman–Crippen MR) is 59.7 cm³/mol. The van der Waals surface area contributed by atoms with Crippen LogP contribution in [0.25, 0.3) is 0 Å². The fourth-order valence-corrected chi connectivity index (χ4v) is 1.40. The van der Waals surface area contributed by atoms with Gasteiger partial charge in [-0.2, -0.15) is 0 Å². The first-order valence-corrected chi connectivity index (χ1v) is 5.17. The van der Waals surface area contributed by atoms with E-state index in [9.17, 15) is 0 Å². The average Bonchev–Trinajstić information content (AvgIpc) is 2.12. The second-order valence-corrected chi connectivity index (χ2v) is 3.69. The molecule has 14 heavy (non-hydrogen) atoms. The van der Waals surface area contributed by atoms with Crippen molar-refractivity contribution in [2.75, 3.05) is 18.5 Å². The van der Waals surface area contributed by atoms with Gasteiger partial charge in [0.05, 0.1) is 0 Å². The smallest absolute Gasteiger partial charge is 0.132 e. The van der Waals surface area contributed by atoms with E-state index < -0.39 is 0 Å². The minimum absolute atomic E-state index is 0.850. The maximum Gasteiger partial charge on any atom is 0.132 e. The van der Waals surface area contributed by atoms with Crippen molar-refractivity contribution in [1.29, 1.82) is 0 Å². The number of nitrogens with zero attached hydrogens (tertiary/aromatic N) is 3. The average molecular weight is 193 g/mol. The highest BCUT2D eigenvalue weighted by Gasteiger charge is 2.03. The van der Waals surface area contributed by atoms with E-state index in [2.05, 4.69) is 28.8 Å². The monoisotopic (exact) mass is 193 g/mol. The zero-order chi connectivity index (χ0) is 10.6. The molecule has 3 heteroatoms. The second kappa shape index (κ2) is 4.94. The highest BCUT2D eigenvalue weighted by atomic mass is 15.2. The number of rotatable bonds is 4. The van der Waals surface area contributed by atoms with Crippen LogP contribution in [0.3, 0.4) is 0 Å². The zero-order valence-electron chi connectivity index (χ0n) is 9.54. The number of aromatic nitrogens is 2. The standard InChI is InChI=1S/C11H19N3/c1-5-6-7-14(4)11-8-9(2)12-10(3)13-11/h8H,5-7H2,1-4H3. The van der Waals surface area contributed by atoms with Crippen LogP contribution in [0.4, 0.5) is 5.82 Å². The Morgan fingerprint density at radius 3 is 2.57 bits per heavy atom. The van der Waals surface area contributed by atoms with Crippen LogP contribution in [0.2, 0.25) is 0 Å². The van der Waals surface area contributed by atoms with Crippen molar-refractivity contribution in [2.24, 2.45) is 0 Å². The Morgan fingerprint density at radius 1 is 1.29 bits per heavy atom. The lowest BCUT2D eigenvalue weighted by atomic mass is 10.3. The van der Waals surface area contributed by atoms with Gasteiger partial charge in [0.25, 0.3) is 0 Å². The van der Waals surface area contributed by atoms with Gasteiger partial charge in [-0.05, 0) is 20.3 Å². The van der Waals surface area contributed by atoms with Gasteiger partial charge >= 0.3 is 0 Å². The molecular weight excluding hydrogens is 174 g/mol. The minimum Gasteiger partial charge on any atom is -0.360 e. The quantitative estimate of drug-likeness (QED) is 0.735. The largest absolute Gasteiger partial charge is 0.360 e. The SMILES string of the molecule is CCCCN(C)c1cc(C)nc(C)n1. The predicted octanol–water partition coefficient (Wildman–Crippen LogP) is 2.33. The molecule has 0 unspecified atom stereocenters. The molecule has 0 amide bonds. The highest BCUT2D eigenvalue weighted by molar-refractivity contribution is 5.38. The van der Waals surface area contributed by atoms with Gasteiger partial charge in [-0.25, -0.2) is 9.97 Å². The molecule has 0 aromatic carbocycles. The van der Waals surface area contributed by atoms with Crippen LogP contribution in [-0.4, -0.2) is 23.6 Å². The van der Waals surface area contributed by atoms with Gasteiger partial charge in [0.15, 0.2) is 0 Å². The van der Waals surface area contributed by atoms with Crippen LogP contribution in [0.1, 0.15) is 31.3 Å². The molecular formula is C11H19N3. The first-order valence-electron chi connectivity index (χ1n) is 5.17. The van der Waals surface area contributed by atoms with Crippen LogP contribution in [0.5, 0.6) is 0 Å². The summed E-state index contributed by atoms with van der Waals surface area (Å²) in [5.41, 5.74) is 1.04. The Kier molecular flexibility index (Phi) is 3.86. The van der Waals surface area contributed by atoms with Crippen molar-refractivity contribution in [2.45, 2.75) is 33.6 Å². The topological polar surface area (TPSA) is 29.0 Å². The summed E-state index contributed by atoms with van der Waals surface area (Å²) in [5.74, 6) is 1.88. The number of unbranched alkanes of at least 4 members (excludes halogenated alkanes) is 1. The Balaban J connectivity index is 2.73. The summed E-state index contributed by atoms with van der Waals surface area (Å²) in [6.07, 6.45) is 2.42. The molecule has 1 heterocycles. The van der Waals surface area contributed by atoms with Gasteiger partial charge in [0.1, 0.15) is 11.6 Å². The molecule has 78 valence electrons. The lowest BCUT2D eigenvalue weighted by molar-refractivity contribution is 0.755. The molecule has 0 aliphatic carbocycles. The van der Waals surface area contributed by atoms with Crippen molar-refractivity contribution in [3.8, 4) is 0 Å². The molecule has 0 N–H and O–H groups in total. The number of hydrogen-bond donors (Lipinski definition) is 0. The van der Waals surface area contributed by atoms with Crippen LogP contribution in [0.15, 0.2) is 6.07 Å². The van der Waals surface area contributed by atoms with E-state index in [0.29, 0.717) is 0 Å². The molecule has 1 aromatic heterocycles. The Bertz CT molecular complexity index is 276. The molecule has 3 nitrogen and oxygen atoms in total. The fourth-order valence-electron chi connectivity index (χ4n) is 1.40. The summed E-state index contributed by atoms with van der Waals surface area (Å²) in [7, 11) is 2.08. The fraction of sp³-hybridized carbons (Fsp3) is 0.636. The van der Waals surface area contributed by atoms with E-state index in [-0.39, 0.29) is 0 Å². The second-order valence-electron chi connectivity index (χ2n) is 3.69. The van der Waals surface area contributed by atoms with Crippen LogP contribution in [-0.2, 0) is 0 Å². The van der Waals surface area contributed by atoms with Gasteiger partial charge in [0, 0.05) is 25.4 Å². The molecule has 0 radical (unpaired) electrons. The Morgan fingerprint density at radius 2 is 2.00 bits per heavy atom. The van der Waals surface area contributed by atoms with Gasteiger partial charge in [0.2, 0.25) is 0 Å². The first kappa shape index (κ1) is 11.0. The molecule has 0 saturated heterocycles. The maximum atomic E-state index is 4.40. The van der Waals surface area contributed by atoms with Crippen LogP contribution >= 0.6 is 0 Å². The zero-order valence-corrected chi connectivity index (χ0v) is 9.54. The third-order valence-electron chi connectivity index (χ3n) is 2.19. The molecule has 0 saturated carbocycles. The molecule has 1 aromatic rings. The van der Waals surface area contributed by atoms with E-state index in [4.69, 9.17) is 0 Å². The summed E-state index contributed by atoms with van der Waals surface area (Å²) in [5, 5.41) is 0. The summed E-state index contributed by atoms with van der Waals surface area (Å²) < 4.78 is 0. The molecule has 0 fully saturated rings.